The third-order valence-electron chi connectivity index (χ3n) is 0. The van der Waals surface area contributed by atoms with Crippen molar-refractivity contribution in [3.05, 3.63) is 0 Å². The Kier molecular flexibility index (Phi) is 2270. The molecule has 0 aliphatic carbocycles. The quantitative estimate of drug-likeness (QED) is 0.142. The Morgan fingerprint density at radius 2 is 0.250 bits per heavy atom. The van der Waals surface area contributed by atoms with Crippen molar-refractivity contribution in [3.63, 3.8) is 0 Å². The van der Waals surface area contributed by atoms with E-state index in [0.717, 1.165) is 0 Å². The Labute approximate surface area is 259 Å². The minimum absolute atomic E-state index is 0. The third kappa shape index (κ3) is 155. The zero-order chi connectivity index (χ0) is 0. The predicted molar refractivity (Wildman–Crippen MR) is 87.6 cm³/mol. The van der Waals surface area contributed by atoms with Crippen LogP contribution in [0.5, 0.6) is 0 Å². The van der Waals surface area contributed by atoms with Crippen LogP contribution in [0.15, 0.2) is 0 Å². The maximum Gasteiger partial charge on any atom is 2.00 e. The molecule has 0 heterocycles. The Morgan fingerprint density at radius 3 is 0.250 bits per heavy atom. The van der Waals surface area contributed by atoms with Gasteiger partial charge in [0.1, 0.15) is 0 Å². The van der Waals surface area contributed by atoms with Crippen molar-refractivity contribution in [1.29, 1.82) is 0 Å². The van der Waals surface area contributed by atoms with E-state index >= 15 is 0 Å². The summed E-state index contributed by atoms with van der Waals surface area (Å²) in [5, 5.41) is 0. The molecule has 0 spiro atoms. The third-order valence-corrected chi connectivity index (χ3v) is 0. The van der Waals surface area contributed by atoms with Crippen LogP contribution in [0.1, 0.15) is 0 Å². The van der Waals surface area contributed by atoms with Crippen molar-refractivity contribution in [1.82, 2.24) is 0 Å². The summed E-state index contributed by atoms with van der Waals surface area (Å²) < 4.78 is 0. The monoisotopic (exact) mass is 1200 g/mol. The smallest absolute Gasteiger partial charge is 0.813 e. The molecule has 0 aliphatic heterocycles. The Hall–Kier alpha value is 7.79. The van der Waals surface area contributed by atoms with Crippen molar-refractivity contribution in [3.8, 4) is 0 Å². The molecule has 16 heavy (non-hydrogen) atoms. The van der Waals surface area contributed by atoms with Crippen LogP contribution in [0, 0.1) is 0 Å². The second-order valence-corrected chi connectivity index (χ2v) is 0. The van der Waals surface area contributed by atoms with Crippen LogP contribution in [0.2, 0.25) is 0 Å². The average Bonchev–Trinajstić information content (AvgIpc) is 0. The van der Waals surface area contributed by atoms with E-state index in [0.29, 0.717) is 0 Å². The fourth-order valence-corrected chi connectivity index (χ4v) is 0. The summed E-state index contributed by atoms with van der Waals surface area (Å²) in [6.07, 6.45) is 0. The van der Waals surface area contributed by atoms with Crippen molar-refractivity contribution < 1.29 is 130 Å². The minimum atomic E-state index is 0. The molecule has 0 N–H and O–H groups in total. The Balaban J connectivity index is 0. The molecule has 0 saturated heterocycles. The number of rotatable bonds is 0. The van der Waals surface area contributed by atoms with Gasteiger partial charge in [-0.2, -0.15) is 0 Å². The van der Waals surface area contributed by atoms with Gasteiger partial charge < -0.3 is 135 Å². The van der Waals surface area contributed by atoms with Gasteiger partial charge in [0, 0.05) is 109 Å². The second kappa shape index (κ2) is 178. The van der Waals surface area contributed by atoms with Gasteiger partial charge in [0.05, 0.1) is 0 Å². The summed E-state index contributed by atoms with van der Waals surface area (Å²) in [4.78, 5) is 0. The second-order valence-electron chi connectivity index (χ2n) is 0. The van der Waals surface area contributed by atoms with E-state index in [1.807, 2.05) is 0 Å². The first-order valence-electron chi connectivity index (χ1n) is 0. The van der Waals surface area contributed by atoms with E-state index in [1.165, 1.54) is 0 Å². The molecular weight excluding hydrogens is 1200 g/mol. The largest absolute Gasteiger partial charge is 2.00 e. The van der Waals surface area contributed by atoms with E-state index in [2.05, 4.69) is 0 Å². The molecule has 0 bridgehead atoms. The molecule has 0 atom stereocenters. The molecule has 0 nitrogen and oxygen atoms in total. The molecule has 0 rings (SSSR count). The molecule has 129 valence electrons. The van der Waals surface area contributed by atoms with Gasteiger partial charge in [-0.3, -0.25) is 0 Å². The van der Waals surface area contributed by atoms with Crippen LogP contribution in [0.4, 0.5) is 0 Å². The van der Waals surface area contributed by atoms with Gasteiger partial charge in [-0.05, 0) is 0 Å². The number of hydrogen-bond acceptors (Lipinski definition) is 10. The molecule has 0 aliphatic rings. The maximum atomic E-state index is 0. The Bertz CT molecular complexity index is 21.3. The van der Waals surface area contributed by atoms with E-state index in [9.17, 15) is 0 Å². The van der Waals surface area contributed by atoms with Crippen LogP contribution in [-0.4, -0.2) is 0 Å². The van der Waals surface area contributed by atoms with Crippen LogP contribution in [0.3, 0.4) is 0 Å². The minimum Gasteiger partial charge on any atom is -0.813 e. The first-order valence-corrected chi connectivity index (χ1v) is 0. The van der Waals surface area contributed by atoms with Gasteiger partial charge in [0.25, 0.3) is 0 Å². The molecule has 0 fully saturated rings. The van der Waals surface area contributed by atoms with Crippen molar-refractivity contribution in [2.75, 3.05) is 0 Å². The van der Waals surface area contributed by atoms with E-state index < -0.39 is 0 Å². The summed E-state index contributed by atoms with van der Waals surface area (Å²) in [6.45, 7) is 0. The van der Waals surface area contributed by atoms with E-state index in [1.54, 1.807) is 0 Å². The van der Waals surface area contributed by atoms with Crippen molar-refractivity contribution in [2.45, 2.75) is 0 Å². The average molecular weight is 1210 g/mol. The number of hydrogen-bond donors (Lipinski definition) is 0. The van der Waals surface area contributed by atoms with Gasteiger partial charge in [-0.1, -0.05) is 0 Å². The van der Waals surface area contributed by atoms with Gasteiger partial charge in [0.2, 0.25) is 0 Å². The van der Waals surface area contributed by atoms with Crippen molar-refractivity contribution >= 4 is 135 Å². The molecule has 0 aromatic rings. The van der Waals surface area contributed by atoms with E-state index in [-0.39, 0.29) is 265 Å². The first-order chi connectivity index (χ1) is 0. The van der Waals surface area contributed by atoms with Crippen LogP contribution in [0.25, 0.3) is 0 Å². The van der Waals surface area contributed by atoms with Crippen LogP contribution >= 0.6 is 0 Å². The molecule has 16 heteroatoms. The zero-order valence-electron chi connectivity index (χ0n) is 6.60. The zero-order valence-corrected chi connectivity index (χ0v) is 28.8. The molecule has 0 saturated carbocycles. The van der Waals surface area contributed by atoms with Gasteiger partial charge in [-0.15, -0.1) is 0 Å². The van der Waals surface area contributed by atoms with Gasteiger partial charge >= 0.3 is 21.1 Å². The number of thiol groups is 10. The Morgan fingerprint density at radius 1 is 0.250 bits per heavy atom. The first kappa shape index (κ1) is 204. The molecule has 3 radical (unpaired) electrons. The maximum absolute atomic E-state index is 0. The normalized spacial score (nSPS) is 0. The topological polar surface area (TPSA) is 0 Å². The summed E-state index contributed by atoms with van der Waals surface area (Å²) in [5.74, 6) is 0. The summed E-state index contributed by atoms with van der Waals surface area (Å²) in [7, 11) is 0. The SMILES string of the molecule is [Ag].[Ag].[Ag].[SH-].[SH-].[SH-].[SH-].[SH-].[SH-].[SH-].[SH-].[SH-].[SH-].[W+2].[W].[W]. The summed E-state index contributed by atoms with van der Waals surface area (Å²) in [5.41, 5.74) is 0. The fraction of sp³-hybridized carbons (Fsp3) is 0. The molecular formula is H10Ag3S10W3-8. The van der Waals surface area contributed by atoms with Gasteiger partial charge in [0.15, 0.2) is 0 Å². The fourth-order valence-electron chi connectivity index (χ4n) is 0. The van der Waals surface area contributed by atoms with Crippen LogP contribution in [-0.2, 0) is 265 Å². The standard InChI is InChI=1S/3Ag.10H2S.3W/h;;;10*1H2;;;/q;;;;;;;;;;;;;;;+2/p-10. The summed E-state index contributed by atoms with van der Waals surface area (Å²) in [6, 6.07) is 0. The predicted octanol–water partition coefficient (Wildman–Crippen LogP) is -2.72. The van der Waals surface area contributed by atoms with E-state index in [4.69, 9.17) is 0 Å². The molecule has 0 unspecified atom stereocenters. The summed E-state index contributed by atoms with van der Waals surface area (Å²) >= 11 is 0. The molecule has 0 aromatic carbocycles. The van der Waals surface area contributed by atoms with Gasteiger partial charge in [-0.25, -0.2) is 0 Å². The van der Waals surface area contributed by atoms with Crippen LogP contribution < -0.4 is 0 Å². The van der Waals surface area contributed by atoms with Crippen molar-refractivity contribution in [2.24, 2.45) is 0 Å². The molecule has 0 amide bonds. The molecule has 0 aromatic heterocycles.